The normalized spacial score (nSPS) is 13.4. The smallest absolute Gasteiger partial charge is 0.272 e. The zero-order valence-electron chi connectivity index (χ0n) is 22.8. The number of hydrazine groups is 1. The number of aromatic nitrogens is 1. The fourth-order valence-corrected chi connectivity index (χ4v) is 4.35. The van der Waals surface area contributed by atoms with E-state index in [-0.39, 0.29) is 23.4 Å². The van der Waals surface area contributed by atoms with Crippen molar-refractivity contribution in [2.75, 3.05) is 32.2 Å². The summed E-state index contributed by atoms with van der Waals surface area (Å²) in [7, 11) is 1.48. The number of carbonyl (C=O) groups is 2. The van der Waals surface area contributed by atoms with E-state index in [1.807, 2.05) is 44.2 Å². The van der Waals surface area contributed by atoms with Gasteiger partial charge in [-0.2, -0.15) is 0 Å². The molecule has 3 aromatic rings. The minimum absolute atomic E-state index is 0.0908. The Kier molecular flexibility index (Phi) is 11.1. The maximum Gasteiger partial charge on any atom is 0.272 e. The highest BCUT2D eigenvalue weighted by atomic mass is 16.5. The van der Waals surface area contributed by atoms with Crippen LogP contribution in [0.15, 0.2) is 60.9 Å². The first-order chi connectivity index (χ1) is 19.0. The first kappa shape index (κ1) is 29.4. The zero-order chi connectivity index (χ0) is 28.2. The quantitative estimate of drug-likeness (QED) is 0.240. The minimum Gasteiger partial charge on any atom is -0.481 e. The van der Waals surface area contributed by atoms with Crippen molar-refractivity contribution in [3.8, 4) is 5.88 Å². The van der Waals surface area contributed by atoms with Gasteiger partial charge in [0, 0.05) is 43.8 Å². The largest absolute Gasteiger partial charge is 0.481 e. The first-order valence-corrected chi connectivity index (χ1v) is 13.1. The van der Waals surface area contributed by atoms with Gasteiger partial charge in [-0.05, 0) is 47.2 Å². The van der Waals surface area contributed by atoms with E-state index < -0.39 is 0 Å². The van der Waals surface area contributed by atoms with E-state index in [0.717, 1.165) is 29.2 Å². The van der Waals surface area contributed by atoms with Crippen molar-refractivity contribution in [2.45, 2.75) is 33.2 Å². The van der Waals surface area contributed by atoms with Crippen LogP contribution in [-0.2, 0) is 11.3 Å². The highest BCUT2D eigenvalue weighted by Crippen LogP contribution is 2.26. The van der Waals surface area contributed by atoms with Crippen molar-refractivity contribution in [3.63, 3.8) is 0 Å². The van der Waals surface area contributed by atoms with E-state index >= 15 is 0 Å². The maximum atomic E-state index is 13.4. The molecule has 0 saturated carbocycles. The third kappa shape index (κ3) is 7.68. The molecule has 0 aliphatic carbocycles. The fourth-order valence-electron chi connectivity index (χ4n) is 4.35. The van der Waals surface area contributed by atoms with E-state index in [9.17, 15) is 9.59 Å². The van der Waals surface area contributed by atoms with Gasteiger partial charge in [0.05, 0.1) is 19.3 Å². The number of anilines is 1. The molecule has 2 aromatic carbocycles. The number of pyridine rings is 1. The summed E-state index contributed by atoms with van der Waals surface area (Å²) in [6.45, 7) is 6.31. The number of fused-ring (bicyclic) bond motifs is 1. The molecule has 0 atom stereocenters. The Bertz CT molecular complexity index is 1290. The molecule has 6 N–H and O–H groups in total. The average molecular weight is 535 g/mol. The van der Waals surface area contributed by atoms with Gasteiger partial charge in [0.1, 0.15) is 0 Å². The third-order valence-corrected chi connectivity index (χ3v) is 6.32. The molecule has 1 saturated heterocycles. The molecule has 0 spiro atoms. The molecule has 2 heterocycles. The van der Waals surface area contributed by atoms with Gasteiger partial charge < -0.3 is 30.8 Å². The monoisotopic (exact) mass is 534 g/mol. The molecule has 1 aliphatic heterocycles. The second kappa shape index (κ2) is 14.7. The van der Waals surface area contributed by atoms with E-state index in [1.165, 1.54) is 18.3 Å². The standard InChI is InChI=1S/C27H32N6O4.C2H6/c1-36-24-9-8-23(25(32-24)27(35)30-16-18-10-14-37-15-11-18)31-26(34)22-7-6-19(17-33(29)13-12-28)20-4-2-3-5-21(20)22;1-2/h2-9,12-13,18H,10-11,14-17,28-29H2,1H3,(H,30,35)(H,31,34);1-2H3/b13-12-;. The maximum absolute atomic E-state index is 13.4. The number of methoxy groups -OCH3 is 1. The average Bonchev–Trinajstić information content (AvgIpc) is 2.98. The summed E-state index contributed by atoms with van der Waals surface area (Å²) in [5, 5.41) is 8.93. The number of rotatable bonds is 9. The molecule has 10 nitrogen and oxygen atoms in total. The number of carbonyl (C=O) groups excluding carboxylic acids is 2. The van der Waals surface area contributed by atoms with Gasteiger partial charge in [0.2, 0.25) is 5.88 Å². The van der Waals surface area contributed by atoms with Crippen LogP contribution in [0.4, 0.5) is 5.69 Å². The predicted octanol–water partition coefficient (Wildman–Crippen LogP) is 3.78. The van der Waals surface area contributed by atoms with Crippen molar-refractivity contribution < 1.29 is 19.1 Å². The van der Waals surface area contributed by atoms with Gasteiger partial charge in [0.15, 0.2) is 5.69 Å². The SMILES string of the molecule is CC.COc1ccc(NC(=O)c2ccc(CN(N)/C=C\N)c3ccccc23)c(C(=O)NCC2CCOCC2)n1. The molecule has 39 heavy (non-hydrogen) atoms. The van der Waals surface area contributed by atoms with Crippen molar-refractivity contribution in [2.24, 2.45) is 17.5 Å². The van der Waals surface area contributed by atoms with Crippen LogP contribution < -0.4 is 26.9 Å². The molecule has 10 heteroatoms. The van der Waals surface area contributed by atoms with Crippen LogP contribution in [0, 0.1) is 5.92 Å². The number of nitrogens with one attached hydrogen (secondary N) is 2. The van der Waals surface area contributed by atoms with Gasteiger partial charge in [-0.1, -0.05) is 44.2 Å². The van der Waals surface area contributed by atoms with Crippen molar-refractivity contribution in [1.29, 1.82) is 0 Å². The molecule has 2 amide bonds. The summed E-state index contributed by atoms with van der Waals surface area (Å²) in [4.78, 5) is 30.8. The van der Waals surface area contributed by atoms with Crippen LogP contribution in [-0.4, -0.2) is 48.7 Å². The summed E-state index contributed by atoms with van der Waals surface area (Å²) >= 11 is 0. The van der Waals surface area contributed by atoms with Crippen LogP contribution in [0.5, 0.6) is 5.88 Å². The van der Waals surface area contributed by atoms with Crippen LogP contribution in [0.3, 0.4) is 0 Å². The van der Waals surface area contributed by atoms with Crippen LogP contribution >= 0.6 is 0 Å². The molecule has 0 radical (unpaired) electrons. The highest BCUT2D eigenvalue weighted by molar-refractivity contribution is 6.15. The van der Waals surface area contributed by atoms with Crippen molar-refractivity contribution in [1.82, 2.24) is 15.3 Å². The molecule has 1 aliphatic rings. The molecule has 4 rings (SSSR count). The van der Waals surface area contributed by atoms with Crippen LogP contribution in [0.2, 0.25) is 0 Å². The lowest BCUT2D eigenvalue weighted by Crippen LogP contribution is -2.33. The minimum atomic E-state index is -0.378. The Hall–Kier alpha value is -4.15. The van der Waals surface area contributed by atoms with E-state index in [0.29, 0.717) is 43.5 Å². The predicted molar refractivity (Wildman–Crippen MR) is 153 cm³/mol. The summed E-state index contributed by atoms with van der Waals surface area (Å²) < 4.78 is 10.6. The number of ether oxygens (including phenoxy) is 2. The van der Waals surface area contributed by atoms with Gasteiger partial charge in [0.25, 0.3) is 11.8 Å². The summed E-state index contributed by atoms with van der Waals surface area (Å²) in [5.74, 6) is 5.86. The Labute approximate surface area is 229 Å². The number of nitrogens with two attached hydrogens (primary N) is 2. The van der Waals surface area contributed by atoms with Gasteiger partial charge in [-0.15, -0.1) is 0 Å². The van der Waals surface area contributed by atoms with Gasteiger partial charge in [-0.25, -0.2) is 10.8 Å². The second-order valence-corrected chi connectivity index (χ2v) is 8.80. The Morgan fingerprint density at radius 1 is 1.08 bits per heavy atom. The molecular weight excluding hydrogens is 496 g/mol. The Balaban J connectivity index is 0.00000205. The molecular formula is C29H38N6O4. The van der Waals surface area contributed by atoms with E-state index in [2.05, 4.69) is 15.6 Å². The molecule has 208 valence electrons. The first-order valence-electron chi connectivity index (χ1n) is 13.1. The van der Waals surface area contributed by atoms with Crippen molar-refractivity contribution in [3.05, 3.63) is 77.8 Å². The lowest BCUT2D eigenvalue weighted by molar-refractivity contribution is 0.0642. The number of hydrogen-bond acceptors (Lipinski definition) is 8. The second-order valence-electron chi connectivity index (χ2n) is 8.80. The van der Waals surface area contributed by atoms with Crippen molar-refractivity contribution >= 4 is 28.3 Å². The summed E-state index contributed by atoms with van der Waals surface area (Å²) in [6, 6.07) is 14.4. The lowest BCUT2D eigenvalue weighted by atomic mass is 9.98. The molecule has 0 unspecified atom stereocenters. The Morgan fingerprint density at radius 3 is 2.49 bits per heavy atom. The topological polar surface area (TPSA) is 145 Å². The van der Waals surface area contributed by atoms with E-state index in [4.69, 9.17) is 21.1 Å². The fraction of sp³-hybridized carbons (Fsp3) is 0.345. The number of benzene rings is 2. The highest BCUT2D eigenvalue weighted by Gasteiger charge is 2.21. The third-order valence-electron chi connectivity index (χ3n) is 6.32. The Morgan fingerprint density at radius 2 is 1.79 bits per heavy atom. The number of nitrogens with zero attached hydrogens (tertiary/aromatic N) is 2. The number of amides is 2. The van der Waals surface area contributed by atoms with Crippen LogP contribution in [0.1, 0.15) is 53.1 Å². The molecule has 1 fully saturated rings. The summed E-state index contributed by atoms with van der Waals surface area (Å²) in [5.41, 5.74) is 7.22. The van der Waals surface area contributed by atoms with E-state index in [1.54, 1.807) is 24.4 Å². The lowest BCUT2D eigenvalue weighted by Gasteiger charge is -2.22. The number of hydrogen-bond donors (Lipinski definition) is 4. The zero-order valence-corrected chi connectivity index (χ0v) is 22.8. The molecule has 0 bridgehead atoms. The summed E-state index contributed by atoms with van der Waals surface area (Å²) in [6.07, 6.45) is 4.72. The van der Waals surface area contributed by atoms with Crippen LogP contribution in [0.25, 0.3) is 10.8 Å². The van der Waals surface area contributed by atoms with Gasteiger partial charge >= 0.3 is 0 Å². The molecule has 1 aromatic heterocycles. The van der Waals surface area contributed by atoms with Gasteiger partial charge in [-0.3, -0.25) is 9.59 Å².